The van der Waals surface area contributed by atoms with Crippen molar-refractivity contribution >= 4 is 17.7 Å². The molecule has 1 aromatic heterocycles. The Kier molecular flexibility index (Phi) is 4.54. The number of hydrogen-bond acceptors (Lipinski definition) is 7. The molecule has 0 bridgehead atoms. The second-order valence-corrected chi connectivity index (χ2v) is 8.84. The van der Waals surface area contributed by atoms with Gasteiger partial charge in [-0.2, -0.15) is 4.68 Å². The molecule has 2 atom stereocenters. The van der Waals surface area contributed by atoms with Crippen LogP contribution in [-0.2, 0) is 9.47 Å². The molecule has 0 radical (unpaired) electrons. The number of aryl methyl sites for hydroxylation is 2. The number of piperidine rings is 1. The van der Waals surface area contributed by atoms with Crippen molar-refractivity contribution in [1.82, 2.24) is 19.7 Å². The number of fused-ring (bicyclic) bond motifs is 1. The van der Waals surface area contributed by atoms with Gasteiger partial charge in [-0.25, -0.2) is 4.98 Å². The number of carbonyl (C=O) groups excluding carboxylic acids is 1. The van der Waals surface area contributed by atoms with Crippen molar-refractivity contribution in [3.05, 3.63) is 41.2 Å². The predicted molar refractivity (Wildman–Crippen MR) is 104 cm³/mol. The Morgan fingerprint density at radius 2 is 1.82 bits per heavy atom. The highest BCUT2D eigenvalue weighted by molar-refractivity contribution is 8.00. The van der Waals surface area contributed by atoms with Crippen LogP contribution in [0, 0.1) is 13.8 Å². The van der Waals surface area contributed by atoms with E-state index >= 15 is 0 Å². The third-order valence-electron chi connectivity index (χ3n) is 5.84. The third-order valence-corrected chi connectivity index (χ3v) is 7.03. The van der Waals surface area contributed by atoms with Crippen molar-refractivity contribution in [2.24, 2.45) is 0 Å². The van der Waals surface area contributed by atoms with E-state index in [0.29, 0.717) is 24.2 Å². The van der Waals surface area contributed by atoms with Crippen LogP contribution in [-0.4, -0.2) is 62.9 Å². The van der Waals surface area contributed by atoms with Crippen LogP contribution < -0.4 is 0 Å². The van der Waals surface area contributed by atoms with Crippen LogP contribution in [0.15, 0.2) is 29.4 Å². The van der Waals surface area contributed by atoms with Gasteiger partial charge < -0.3 is 9.47 Å². The molecule has 0 aliphatic carbocycles. The largest absolute Gasteiger partial charge is 0.347 e. The number of thioether (sulfide) groups is 1. The third kappa shape index (κ3) is 3.08. The molecule has 4 heterocycles. The van der Waals surface area contributed by atoms with Crippen molar-refractivity contribution in [3.63, 3.8) is 0 Å². The van der Waals surface area contributed by atoms with Crippen LogP contribution in [0.3, 0.4) is 0 Å². The van der Waals surface area contributed by atoms with Crippen LogP contribution in [0.2, 0.25) is 0 Å². The van der Waals surface area contributed by atoms with Gasteiger partial charge in [0.05, 0.1) is 19.3 Å². The van der Waals surface area contributed by atoms with E-state index in [9.17, 15) is 4.79 Å². The smallest absolute Gasteiger partial charge is 0.264 e. The Labute approximate surface area is 168 Å². The second kappa shape index (κ2) is 6.95. The number of ether oxygens (including phenoxy) is 2. The van der Waals surface area contributed by atoms with Crippen LogP contribution in [0.4, 0.5) is 0 Å². The minimum absolute atomic E-state index is 0.0137. The normalized spacial score (nSPS) is 25.4. The predicted octanol–water partition coefficient (Wildman–Crippen LogP) is 2.59. The standard InChI is InChI=1S/C20H24N4O3S/c1-13-3-5-15(6-4-13)16(17-18(25)24-19(28-17)21-14(2)22-24)23-9-7-20(8-10-23)26-11-12-27-20/h3-6,16-17H,7-12H2,1-2H3. The molecule has 0 amide bonds. The summed E-state index contributed by atoms with van der Waals surface area (Å²) in [6.07, 6.45) is 1.64. The molecule has 7 nitrogen and oxygen atoms in total. The van der Waals surface area contributed by atoms with Crippen LogP contribution in [0.1, 0.15) is 40.6 Å². The van der Waals surface area contributed by atoms with E-state index < -0.39 is 5.79 Å². The molecule has 148 valence electrons. The van der Waals surface area contributed by atoms with E-state index in [4.69, 9.17) is 9.47 Å². The summed E-state index contributed by atoms with van der Waals surface area (Å²) >= 11 is 1.53. The van der Waals surface area contributed by atoms with Gasteiger partial charge in [0.1, 0.15) is 11.1 Å². The highest BCUT2D eigenvalue weighted by atomic mass is 32.2. The Balaban J connectivity index is 1.44. The number of rotatable bonds is 3. The summed E-state index contributed by atoms with van der Waals surface area (Å²) in [4.78, 5) is 20.0. The first-order valence-corrected chi connectivity index (χ1v) is 10.7. The Hall–Kier alpha value is -1.74. The van der Waals surface area contributed by atoms with Gasteiger partial charge in [-0.3, -0.25) is 9.69 Å². The lowest BCUT2D eigenvalue weighted by atomic mass is 9.95. The zero-order valence-corrected chi connectivity index (χ0v) is 16.9. The number of aromatic nitrogens is 3. The van der Waals surface area contributed by atoms with Gasteiger partial charge >= 0.3 is 0 Å². The molecular weight excluding hydrogens is 376 g/mol. The van der Waals surface area contributed by atoms with Gasteiger partial charge in [0, 0.05) is 25.9 Å². The quantitative estimate of drug-likeness (QED) is 0.784. The van der Waals surface area contributed by atoms with E-state index in [1.54, 1.807) is 0 Å². The fraction of sp³-hybridized carbons (Fsp3) is 0.550. The van der Waals surface area contributed by atoms with Crippen LogP contribution in [0.5, 0.6) is 0 Å². The topological polar surface area (TPSA) is 69.5 Å². The molecule has 28 heavy (non-hydrogen) atoms. The molecule has 2 aromatic rings. The van der Waals surface area contributed by atoms with E-state index in [-0.39, 0.29) is 17.2 Å². The van der Waals surface area contributed by atoms with Gasteiger partial charge in [0.15, 0.2) is 10.9 Å². The van der Waals surface area contributed by atoms with Crippen molar-refractivity contribution in [3.8, 4) is 0 Å². The number of carbonyl (C=O) groups is 1. The Morgan fingerprint density at radius 1 is 1.14 bits per heavy atom. The second-order valence-electron chi connectivity index (χ2n) is 7.73. The lowest BCUT2D eigenvalue weighted by Gasteiger charge is -2.42. The van der Waals surface area contributed by atoms with Gasteiger partial charge in [-0.05, 0) is 19.4 Å². The summed E-state index contributed by atoms with van der Waals surface area (Å²) in [5.74, 6) is 0.226. The molecule has 1 spiro atoms. The summed E-state index contributed by atoms with van der Waals surface area (Å²) < 4.78 is 13.2. The number of nitrogens with zero attached hydrogens (tertiary/aromatic N) is 4. The summed E-state index contributed by atoms with van der Waals surface area (Å²) in [6.45, 7) is 6.90. The van der Waals surface area contributed by atoms with Gasteiger partial charge in [0.25, 0.3) is 5.91 Å². The first-order valence-electron chi connectivity index (χ1n) is 9.78. The fourth-order valence-corrected chi connectivity index (χ4v) is 5.67. The number of benzene rings is 1. The van der Waals surface area contributed by atoms with Crippen molar-refractivity contribution in [1.29, 1.82) is 0 Å². The van der Waals surface area contributed by atoms with Gasteiger partial charge in [0.2, 0.25) is 0 Å². The molecule has 2 saturated heterocycles. The van der Waals surface area contributed by atoms with Crippen LogP contribution in [0.25, 0.3) is 0 Å². The molecule has 2 unspecified atom stereocenters. The highest BCUT2D eigenvalue weighted by Crippen LogP contribution is 2.43. The maximum absolute atomic E-state index is 13.1. The number of likely N-dealkylation sites (tertiary alicyclic amines) is 1. The molecule has 3 aliphatic rings. The van der Waals surface area contributed by atoms with Crippen LogP contribution >= 0.6 is 11.8 Å². The minimum Gasteiger partial charge on any atom is -0.347 e. The van der Waals surface area contributed by atoms with E-state index in [2.05, 4.69) is 46.2 Å². The molecule has 3 aliphatic heterocycles. The molecule has 1 aromatic carbocycles. The zero-order valence-electron chi connectivity index (χ0n) is 16.1. The monoisotopic (exact) mass is 400 g/mol. The SMILES string of the molecule is Cc1ccc(C(C2Sc3nc(C)nn3C2=O)N2CCC3(CC2)OCCO3)cc1. The van der Waals surface area contributed by atoms with Crippen molar-refractivity contribution in [2.75, 3.05) is 26.3 Å². The molecular formula is C20H24N4O3S. The molecule has 5 rings (SSSR count). The van der Waals surface area contributed by atoms with Crippen molar-refractivity contribution < 1.29 is 14.3 Å². The van der Waals surface area contributed by atoms with Gasteiger partial charge in [-0.1, -0.05) is 41.6 Å². The average Bonchev–Trinajstić information content (AvgIpc) is 3.37. The first-order chi connectivity index (χ1) is 13.5. The minimum atomic E-state index is -0.424. The first kappa shape index (κ1) is 18.3. The zero-order chi connectivity index (χ0) is 19.3. The highest BCUT2D eigenvalue weighted by Gasteiger charge is 2.46. The Bertz CT molecular complexity index is 881. The molecule has 8 heteroatoms. The van der Waals surface area contributed by atoms with E-state index in [0.717, 1.165) is 31.5 Å². The fourth-order valence-electron chi connectivity index (χ4n) is 4.37. The molecule has 0 saturated carbocycles. The molecule has 2 fully saturated rings. The summed E-state index contributed by atoms with van der Waals surface area (Å²) in [5.41, 5.74) is 2.37. The average molecular weight is 401 g/mol. The summed E-state index contributed by atoms with van der Waals surface area (Å²) in [6, 6.07) is 8.48. The molecule has 0 N–H and O–H groups in total. The maximum Gasteiger partial charge on any atom is 0.264 e. The summed E-state index contributed by atoms with van der Waals surface area (Å²) in [5, 5.41) is 4.74. The lowest BCUT2D eigenvalue weighted by Crippen LogP contribution is -2.49. The Morgan fingerprint density at radius 3 is 2.46 bits per heavy atom. The lowest BCUT2D eigenvalue weighted by molar-refractivity contribution is -0.187. The number of hydrogen-bond donors (Lipinski definition) is 0. The maximum atomic E-state index is 13.1. The van der Waals surface area contributed by atoms with Gasteiger partial charge in [-0.15, -0.1) is 5.10 Å². The van der Waals surface area contributed by atoms with Crippen molar-refractivity contribution in [2.45, 2.75) is 48.9 Å². The summed E-state index contributed by atoms with van der Waals surface area (Å²) in [7, 11) is 0. The van der Waals surface area contributed by atoms with E-state index in [1.165, 1.54) is 22.0 Å². The van der Waals surface area contributed by atoms with E-state index in [1.807, 2.05) is 6.92 Å².